The molecule has 8 nitrogen and oxygen atoms in total. The zero-order chi connectivity index (χ0) is 21.3. The van der Waals surface area contributed by atoms with Crippen molar-refractivity contribution in [1.82, 2.24) is 9.62 Å². The first-order valence-corrected chi connectivity index (χ1v) is 11.2. The van der Waals surface area contributed by atoms with Crippen LogP contribution in [0.2, 0.25) is 0 Å². The van der Waals surface area contributed by atoms with Crippen molar-refractivity contribution < 1.29 is 22.7 Å². The lowest BCUT2D eigenvalue weighted by atomic mass is 9.88. The van der Waals surface area contributed by atoms with Crippen molar-refractivity contribution in [2.45, 2.75) is 30.2 Å². The molecule has 1 unspecified atom stereocenters. The van der Waals surface area contributed by atoms with Gasteiger partial charge in [-0.3, -0.25) is 9.59 Å². The number of amides is 2. The third-order valence-corrected chi connectivity index (χ3v) is 7.16. The minimum Gasteiger partial charge on any atom is -0.482 e. The molecule has 30 heavy (non-hydrogen) atoms. The molecule has 0 fully saturated rings. The van der Waals surface area contributed by atoms with E-state index in [9.17, 15) is 18.0 Å². The van der Waals surface area contributed by atoms with Crippen LogP contribution in [0.3, 0.4) is 0 Å². The maximum Gasteiger partial charge on any atom is 0.262 e. The summed E-state index contributed by atoms with van der Waals surface area (Å²) in [5.74, 6) is -0.306. The van der Waals surface area contributed by atoms with Gasteiger partial charge in [0.1, 0.15) is 5.75 Å². The molecular weight excluding hydrogens is 406 g/mol. The van der Waals surface area contributed by atoms with Crippen molar-refractivity contribution in [1.29, 1.82) is 0 Å². The molecule has 4 rings (SSSR count). The lowest BCUT2D eigenvalue weighted by Gasteiger charge is -2.27. The molecule has 0 saturated carbocycles. The number of benzene rings is 2. The number of hydrogen-bond donors (Lipinski definition) is 2. The van der Waals surface area contributed by atoms with E-state index in [4.69, 9.17) is 4.74 Å². The van der Waals surface area contributed by atoms with E-state index in [-0.39, 0.29) is 35.9 Å². The Bertz CT molecular complexity index is 1100. The standard InChI is InChI=1S/C21H23N3O5S/c1-24(12-20(25)22-17-8-4-6-14-5-2-3-7-16(14)17)30(27,28)15-9-10-19-18(11-15)23-21(26)13-29-19/h2-3,5,7,9-11,17H,4,6,8,12-13H2,1H3,(H,22,25)(H,23,26). The highest BCUT2D eigenvalue weighted by atomic mass is 32.2. The van der Waals surface area contributed by atoms with E-state index in [1.165, 1.54) is 30.8 Å². The van der Waals surface area contributed by atoms with Gasteiger partial charge < -0.3 is 15.4 Å². The van der Waals surface area contributed by atoms with Crippen LogP contribution >= 0.6 is 0 Å². The van der Waals surface area contributed by atoms with Crippen LogP contribution in [0, 0.1) is 0 Å². The van der Waals surface area contributed by atoms with E-state index >= 15 is 0 Å². The average Bonchev–Trinajstić information content (AvgIpc) is 2.73. The van der Waals surface area contributed by atoms with Gasteiger partial charge in [0.05, 0.1) is 23.2 Å². The number of rotatable bonds is 5. The zero-order valence-corrected chi connectivity index (χ0v) is 17.4. The molecule has 1 atom stereocenters. The quantitative estimate of drug-likeness (QED) is 0.755. The number of likely N-dealkylation sites (N-methyl/N-ethyl adjacent to an activating group) is 1. The van der Waals surface area contributed by atoms with E-state index in [1.807, 2.05) is 18.2 Å². The van der Waals surface area contributed by atoms with Gasteiger partial charge in [-0.05, 0) is 48.6 Å². The topological polar surface area (TPSA) is 105 Å². The van der Waals surface area contributed by atoms with Gasteiger partial charge in [0.25, 0.3) is 5.91 Å². The molecule has 2 aromatic carbocycles. The van der Waals surface area contributed by atoms with Gasteiger partial charge >= 0.3 is 0 Å². The molecule has 0 spiro atoms. The fraction of sp³-hybridized carbons (Fsp3) is 0.333. The van der Waals surface area contributed by atoms with Crippen LogP contribution < -0.4 is 15.4 Å². The Kier molecular flexibility index (Phi) is 5.48. The van der Waals surface area contributed by atoms with Gasteiger partial charge in [-0.15, -0.1) is 0 Å². The summed E-state index contributed by atoms with van der Waals surface area (Å²) in [7, 11) is -2.56. The Morgan fingerprint density at radius 1 is 1.27 bits per heavy atom. The molecule has 2 aromatic rings. The van der Waals surface area contributed by atoms with Crippen molar-refractivity contribution in [2.75, 3.05) is 25.5 Å². The fourth-order valence-corrected chi connectivity index (χ4v) is 4.99. The molecule has 9 heteroatoms. The maximum absolute atomic E-state index is 12.9. The van der Waals surface area contributed by atoms with E-state index < -0.39 is 10.0 Å². The number of nitrogens with zero attached hydrogens (tertiary/aromatic N) is 1. The van der Waals surface area contributed by atoms with E-state index in [0.717, 1.165) is 29.1 Å². The van der Waals surface area contributed by atoms with Crippen molar-refractivity contribution in [3.8, 4) is 5.75 Å². The Hall–Kier alpha value is -2.91. The number of hydrogen-bond acceptors (Lipinski definition) is 5. The van der Waals surface area contributed by atoms with Gasteiger partial charge in [0.15, 0.2) is 6.61 Å². The van der Waals surface area contributed by atoms with Gasteiger partial charge in [-0.2, -0.15) is 4.31 Å². The first-order chi connectivity index (χ1) is 14.3. The van der Waals surface area contributed by atoms with Crippen molar-refractivity contribution >= 4 is 27.5 Å². The minimum absolute atomic E-state index is 0.0228. The summed E-state index contributed by atoms with van der Waals surface area (Å²) in [6.07, 6.45) is 2.78. The lowest BCUT2D eigenvalue weighted by molar-refractivity contribution is -0.122. The molecule has 2 N–H and O–H groups in total. The highest BCUT2D eigenvalue weighted by Crippen LogP contribution is 2.31. The molecule has 1 aliphatic carbocycles. The summed E-state index contributed by atoms with van der Waals surface area (Å²) < 4.78 is 32.1. The normalized spacial score (nSPS) is 18.1. The molecule has 0 aromatic heterocycles. The van der Waals surface area contributed by atoms with Crippen LogP contribution in [0.25, 0.3) is 0 Å². The molecule has 1 heterocycles. The van der Waals surface area contributed by atoms with E-state index in [0.29, 0.717) is 11.4 Å². The third-order valence-electron chi connectivity index (χ3n) is 5.36. The van der Waals surface area contributed by atoms with Crippen LogP contribution in [0.15, 0.2) is 47.4 Å². The fourth-order valence-electron chi connectivity index (χ4n) is 3.83. The zero-order valence-electron chi connectivity index (χ0n) is 16.6. The first kappa shape index (κ1) is 20.4. The largest absolute Gasteiger partial charge is 0.482 e. The highest BCUT2D eigenvalue weighted by molar-refractivity contribution is 7.89. The first-order valence-electron chi connectivity index (χ1n) is 9.75. The van der Waals surface area contributed by atoms with Crippen molar-refractivity contribution in [3.05, 3.63) is 53.6 Å². The minimum atomic E-state index is -3.92. The SMILES string of the molecule is CN(CC(=O)NC1CCCc2ccccc21)S(=O)(=O)c1ccc2c(c1)NC(=O)CO2. The predicted octanol–water partition coefficient (Wildman–Crippen LogP) is 1.83. The number of carbonyl (C=O) groups is 2. The van der Waals surface area contributed by atoms with E-state index in [1.54, 1.807) is 0 Å². The smallest absolute Gasteiger partial charge is 0.262 e. The summed E-state index contributed by atoms with van der Waals surface area (Å²) >= 11 is 0. The van der Waals surface area contributed by atoms with Gasteiger partial charge in [-0.25, -0.2) is 8.42 Å². The molecule has 0 saturated heterocycles. The molecule has 1 aliphatic heterocycles. The summed E-state index contributed by atoms with van der Waals surface area (Å²) in [4.78, 5) is 24.1. The Balaban J connectivity index is 1.46. The summed E-state index contributed by atoms with van der Waals surface area (Å²) in [6, 6.07) is 12.1. The Morgan fingerprint density at radius 2 is 2.07 bits per heavy atom. The van der Waals surface area contributed by atoms with Gasteiger partial charge in [0, 0.05) is 7.05 Å². The van der Waals surface area contributed by atoms with Gasteiger partial charge in [0.2, 0.25) is 15.9 Å². The van der Waals surface area contributed by atoms with Crippen molar-refractivity contribution in [2.24, 2.45) is 0 Å². The second-order valence-electron chi connectivity index (χ2n) is 7.47. The van der Waals surface area contributed by atoms with Crippen LogP contribution in [-0.2, 0) is 26.0 Å². The van der Waals surface area contributed by atoms with Crippen molar-refractivity contribution in [3.63, 3.8) is 0 Å². The lowest BCUT2D eigenvalue weighted by Crippen LogP contribution is -2.40. The van der Waals surface area contributed by atoms with Crippen LogP contribution in [-0.4, -0.2) is 44.7 Å². The molecule has 0 bridgehead atoms. The van der Waals surface area contributed by atoms with Crippen LogP contribution in [0.1, 0.15) is 30.0 Å². The molecule has 2 amide bonds. The number of aryl methyl sites for hydroxylation is 1. The van der Waals surface area contributed by atoms with E-state index in [2.05, 4.69) is 16.7 Å². The molecule has 0 radical (unpaired) electrons. The number of ether oxygens (including phenoxy) is 1. The molecule has 158 valence electrons. The highest BCUT2D eigenvalue weighted by Gasteiger charge is 2.27. The summed E-state index contributed by atoms with van der Waals surface area (Å²) in [5, 5.41) is 5.55. The number of anilines is 1. The monoisotopic (exact) mass is 429 g/mol. The molecular formula is C21H23N3O5S. The second-order valence-corrected chi connectivity index (χ2v) is 9.51. The summed E-state index contributed by atoms with van der Waals surface area (Å²) in [5.41, 5.74) is 2.60. The Labute approximate surface area is 175 Å². The number of fused-ring (bicyclic) bond motifs is 2. The van der Waals surface area contributed by atoms with Crippen LogP contribution in [0.5, 0.6) is 5.75 Å². The summed E-state index contributed by atoms with van der Waals surface area (Å²) in [6.45, 7) is -0.412. The number of carbonyl (C=O) groups excluding carboxylic acids is 2. The molecule has 2 aliphatic rings. The second kappa shape index (κ2) is 8.08. The number of nitrogens with one attached hydrogen (secondary N) is 2. The third kappa shape index (κ3) is 4.03. The number of sulfonamides is 1. The predicted molar refractivity (Wildman–Crippen MR) is 111 cm³/mol. The van der Waals surface area contributed by atoms with Gasteiger partial charge in [-0.1, -0.05) is 24.3 Å². The Morgan fingerprint density at radius 3 is 2.90 bits per heavy atom. The maximum atomic E-state index is 12.9. The average molecular weight is 429 g/mol. The van der Waals surface area contributed by atoms with Crippen LogP contribution in [0.4, 0.5) is 5.69 Å².